The third-order valence-corrected chi connectivity index (χ3v) is 2.52. The molecule has 0 aliphatic heterocycles. The van der Waals surface area contributed by atoms with Gasteiger partial charge in [0.1, 0.15) is 5.82 Å². The third kappa shape index (κ3) is 3.44. The number of rotatable bonds is 5. The molecular weight excluding hydrogens is 260 g/mol. The molecule has 2 heterocycles. The molecule has 3 N–H and O–H groups in total. The van der Waals surface area contributed by atoms with Gasteiger partial charge in [0, 0.05) is 24.5 Å². The highest BCUT2D eigenvalue weighted by Crippen LogP contribution is 2.07. The quantitative estimate of drug-likeness (QED) is 0.764. The minimum absolute atomic E-state index is 0.0401. The second-order valence-corrected chi connectivity index (χ2v) is 4.17. The molecule has 0 aromatic carbocycles. The summed E-state index contributed by atoms with van der Waals surface area (Å²) in [5.74, 6) is 0.0490. The van der Waals surface area contributed by atoms with Gasteiger partial charge in [0.05, 0.1) is 25.5 Å². The number of anilines is 2. The lowest BCUT2D eigenvalue weighted by atomic mass is 10.4. The van der Waals surface area contributed by atoms with Gasteiger partial charge in [-0.05, 0) is 6.92 Å². The van der Waals surface area contributed by atoms with Gasteiger partial charge >= 0.3 is 5.97 Å². The van der Waals surface area contributed by atoms with E-state index in [2.05, 4.69) is 25.1 Å². The zero-order valence-corrected chi connectivity index (χ0v) is 11.3. The molecule has 0 aliphatic rings. The molecule has 0 bridgehead atoms. The number of nitrogens with one attached hydrogen (secondary N) is 1. The molecule has 0 atom stereocenters. The van der Waals surface area contributed by atoms with Crippen molar-refractivity contribution in [3.05, 3.63) is 30.0 Å². The van der Waals surface area contributed by atoms with Crippen molar-refractivity contribution in [3.8, 4) is 0 Å². The van der Waals surface area contributed by atoms with E-state index in [4.69, 9.17) is 5.73 Å². The molecular formula is C12H16N6O2. The van der Waals surface area contributed by atoms with Gasteiger partial charge in [-0.1, -0.05) is 0 Å². The lowest BCUT2D eigenvalue weighted by molar-refractivity contribution is 0.0586. The monoisotopic (exact) mass is 276 g/mol. The molecule has 8 heteroatoms. The van der Waals surface area contributed by atoms with Crippen LogP contribution >= 0.6 is 0 Å². The number of aryl methyl sites for hydroxylation is 1. The Hall–Kier alpha value is -2.64. The predicted octanol–water partition coefficient (Wildman–Crippen LogP) is 0.462. The number of nitrogen functional groups attached to an aromatic ring is 1. The van der Waals surface area contributed by atoms with E-state index >= 15 is 0 Å². The first kappa shape index (κ1) is 13.8. The second-order valence-electron chi connectivity index (χ2n) is 4.17. The summed E-state index contributed by atoms with van der Waals surface area (Å²) in [6.45, 7) is 3.01. The van der Waals surface area contributed by atoms with E-state index in [1.807, 2.05) is 0 Å². The fourth-order valence-electron chi connectivity index (χ4n) is 1.64. The number of carbonyl (C=O) groups excluding carboxylic acids is 1. The molecule has 0 unspecified atom stereocenters. The molecule has 20 heavy (non-hydrogen) atoms. The van der Waals surface area contributed by atoms with Crippen LogP contribution in [0.3, 0.4) is 0 Å². The lowest BCUT2D eigenvalue weighted by Gasteiger charge is -2.07. The maximum absolute atomic E-state index is 11.4. The number of methoxy groups -OCH3 is 1. The van der Waals surface area contributed by atoms with Crippen LogP contribution in [0.1, 0.15) is 16.3 Å². The Morgan fingerprint density at radius 2 is 2.30 bits per heavy atom. The zero-order valence-electron chi connectivity index (χ0n) is 11.3. The Bertz CT molecular complexity index is 610. The average Bonchev–Trinajstić information content (AvgIpc) is 2.83. The number of carbonyl (C=O) groups is 1. The maximum Gasteiger partial charge on any atom is 0.376 e. The van der Waals surface area contributed by atoms with E-state index in [0.717, 1.165) is 0 Å². The van der Waals surface area contributed by atoms with Crippen molar-refractivity contribution in [1.82, 2.24) is 19.7 Å². The van der Waals surface area contributed by atoms with Crippen LogP contribution < -0.4 is 11.1 Å². The molecule has 2 aromatic rings. The minimum Gasteiger partial charge on any atom is -0.463 e. The van der Waals surface area contributed by atoms with Crippen molar-refractivity contribution >= 4 is 17.5 Å². The Morgan fingerprint density at radius 3 is 2.95 bits per heavy atom. The number of nitrogens with two attached hydrogens (primary N) is 1. The van der Waals surface area contributed by atoms with E-state index in [9.17, 15) is 4.79 Å². The molecule has 2 aromatic heterocycles. The molecule has 0 radical (unpaired) electrons. The summed E-state index contributed by atoms with van der Waals surface area (Å²) in [6.07, 6.45) is 3.33. The van der Waals surface area contributed by atoms with Crippen molar-refractivity contribution in [2.75, 3.05) is 24.7 Å². The van der Waals surface area contributed by atoms with E-state index in [0.29, 0.717) is 30.3 Å². The summed E-state index contributed by atoms with van der Waals surface area (Å²) in [4.78, 5) is 19.5. The van der Waals surface area contributed by atoms with Gasteiger partial charge in [0.25, 0.3) is 0 Å². The first-order valence-electron chi connectivity index (χ1n) is 6.04. The van der Waals surface area contributed by atoms with Crippen molar-refractivity contribution in [1.29, 1.82) is 0 Å². The van der Waals surface area contributed by atoms with E-state index < -0.39 is 5.97 Å². The summed E-state index contributed by atoms with van der Waals surface area (Å²) >= 11 is 0. The lowest BCUT2D eigenvalue weighted by Crippen LogP contribution is -2.14. The molecule has 2 rings (SSSR count). The Labute approximate surface area is 116 Å². The summed E-state index contributed by atoms with van der Waals surface area (Å²) in [5.41, 5.74) is 6.88. The molecule has 0 amide bonds. The molecule has 106 valence electrons. The van der Waals surface area contributed by atoms with Gasteiger partial charge in [0.2, 0.25) is 5.82 Å². The largest absolute Gasteiger partial charge is 0.463 e. The van der Waals surface area contributed by atoms with Crippen LogP contribution in [0.4, 0.5) is 11.5 Å². The highest BCUT2D eigenvalue weighted by atomic mass is 16.5. The summed E-state index contributed by atoms with van der Waals surface area (Å²) in [5, 5.41) is 7.17. The van der Waals surface area contributed by atoms with Crippen LogP contribution in [0.5, 0.6) is 0 Å². The zero-order chi connectivity index (χ0) is 14.5. The predicted molar refractivity (Wildman–Crippen MR) is 73.2 cm³/mol. The highest BCUT2D eigenvalue weighted by molar-refractivity contribution is 5.85. The summed E-state index contributed by atoms with van der Waals surface area (Å²) in [6, 6.07) is 1.75. The fourth-order valence-corrected chi connectivity index (χ4v) is 1.64. The Balaban J connectivity index is 1.98. The normalized spacial score (nSPS) is 10.3. The van der Waals surface area contributed by atoms with Crippen LogP contribution in [0.25, 0.3) is 0 Å². The maximum atomic E-state index is 11.4. The number of hydrogen-bond donors (Lipinski definition) is 2. The molecule has 0 saturated heterocycles. The first-order valence-corrected chi connectivity index (χ1v) is 6.04. The number of ether oxygens (including phenoxy) is 1. The van der Waals surface area contributed by atoms with Gasteiger partial charge in [-0.3, -0.25) is 4.68 Å². The van der Waals surface area contributed by atoms with Crippen molar-refractivity contribution < 1.29 is 9.53 Å². The molecule has 0 spiro atoms. The highest BCUT2D eigenvalue weighted by Gasteiger charge is 2.11. The van der Waals surface area contributed by atoms with E-state index in [1.54, 1.807) is 30.1 Å². The van der Waals surface area contributed by atoms with Gasteiger partial charge in [-0.25, -0.2) is 14.8 Å². The Kier molecular flexibility index (Phi) is 4.14. The number of aromatic nitrogens is 4. The average molecular weight is 276 g/mol. The van der Waals surface area contributed by atoms with Crippen molar-refractivity contribution in [2.45, 2.75) is 13.5 Å². The van der Waals surface area contributed by atoms with Crippen LogP contribution in [0, 0.1) is 6.92 Å². The first-order chi connectivity index (χ1) is 9.58. The van der Waals surface area contributed by atoms with Gasteiger partial charge in [-0.15, -0.1) is 0 Å². The number of nitrogens with zero attached hydrogens (tertiary/aromatic N) is 4. The molecule has 0 fully saturated rings. The van der Waals surface area contributed by atoms with Crippen LogP contribution in [0.15, 0.2) is 18.5 Å². The van der Waals surface area contributed by atoms with Gasteiger partial charge < -0.3 is 15.8 Å². The van der Waals surface area contributed by atoms with Crippen molar-refractivity contribution in [2.24, 2.45) is 0 Å². The number of hydrogen-bond acceptors (Lipinski definition) is 7. The van der Waals surface area contributed by atoms with Crippen LogP contribution in [-0.4, -0.2) is 39.4 Å². The molecule has 8 nitrogen and oxygen atoms in total. The minimum atomic E-state index is -0.559. The van der Waals surface area contributed by atoms with Gasteiger partial charge in [0.15, 0.2) is 0 Å². The smallest absolute Gasteiger partial charge is 0.376 e. The Morgan fingerprint density at radius 1 is 1.50 bits per heavy atom. The van der Waals surface area contributed by atoms with Crippen LogP contribution in [-0.2, 0) is 11.3 Å². The molecule has 0 aliphatic carbocycles. The summed E-state index contributed by atoms with van der Waals surface area (Å²) < 4.78 is 6.32. The standard InChI is InChI=1S/C12H16N6O2/c1-8-5-10(17-11(16-8)12(19)20-2)14-3-4-18-7-9(13)6-15-18/h5-7H,3-4,13H2,1-2H3,(H,14,16,17). The van der Waals surface area contributed by atoms with E-state index in [-0.39, 0.29) is 5.82 Å². The summed E-state index contributed by atoms with van der Waals surface area (Å²) in [7, 11) is 1.29. The second kappa shape index (κ2) is 6.00. The van der Waals surface area contributed by atoms with Gasteiger partial charge in [-0.2, -0.15) is 5.10 Å². The van der Waals surface area contributed by atoms with Crippen LogP contribution in [0.2, 0.25) is 0 Å². The van der Waals surface area contributed by atoms with Crippen molar-refractivity contribution in [3.63, 3.8) is 0 Å². The van der Waals surface area contributed by atoms with E-state index in [1.165, 1.54) is 7.11 Å². The third-order valence-electron chi connectivity index (χ3n) is 2.52. The molecule has 0 saturated carbocycles. The fraction of sp³-hybridized carbons (Fsp3) is 0.333. The number of esters is 1. The topological polar surface area (TPSA) is 108 Å². The SMILES string of the molecule is COC(=O)c1nc(C)cc(NCCn2cc(N)cn2)n1.